The average Bonchev–Trinajstić information content (AvgIpc) is 2.33. The molecule has 1 aromatic rings. The van der Waals surface area contributed by atoms with E-state index in [0.29, 0.717) is 0 Å². The van der Waals surface area contributed by atoms with E-state index < -0.39 is 0 Å². The minimum Gasteiger partial charge on any atom is -0.288 e. The van der Waals surface area contributed by atoms with Crippen LogP contribution in [0, 0.1) is 0 Å². The highest BCUT2D eigenvalue weighted by molar-refractivity contribution is 8.04. The summed E-state index contributed by atoms with van der Waals surface area (Å²) in [6.07, 6.45) is 2.00. The minimum atomic E-state index is 0.137. The molecule has 16 heavy (non-hydrogen) atoms. The van der Waals surface area contributed by atoms with Crippen LogP contribution in [0.5, 0.6) is 0 Å². The molecule has 1 aliphatic heterocycles. The lowest BCUT2D eigenvalue weighted by Gasteiger charge is -2.14. The highest BCUT2D eigenvalue weighted by Crippen LogP contribution is 2.30. The lowest BCUT2D eigenvalue weighted by Crippen LogP contribution is -2.05. The Morgan fingerprint density at radius 3 is 2.50 bits per heavy atom. The number of hydrogen-bond acceptors (Lipinski definition) is 2. The summed E-state index contributed by atoms with van der Waals surface area (Å²) in [4.78, 5) is 13.0. The van der Waals surface area contributed by atoms with Gasteiger partial charge in [0.05, 0.1) is 4.91 Å². The van der Waals surface area contributed by atoms with E-state index in [9.17, 15) is 4.79 Å². The van der Waals surface area contributed by atoms with Gasteiger partial charge in [-0.2, -0.15) is 0 Å². The van der Waals surface area contributed by atoms with Crippen molar-refractivity contribution in [1.82, 2.24) is 0 Å². The largest absolute Gasteiger partial charge is 0.288 e. The minimum absolute atomic E-state index is 0.137. The second-order valence-corrected chi connectivity index (χ2v) is 4.97. The van der Waals surface area contributed by atoms with E-state index in [-0.39, 0.29) is 5.78 Å². The second-order valence-electron chi connectivity index (χ2n) is 3.96. The van der Waals surface area contributed by atoms with Crippen LogP contribution in [-0.4, -0.2) is 11.5 Å². The van der Waals surface area contributed by atoms with E-state index in [2.05, 4.69) is 13.8 Å². The maximum Gasteiger partial charge on any atom is 0.199 e. The van der Waals surface area contributed by atoms with Crippen molar-refractivity contribution in [3.63, 3.8) is 0 Å². The van der Waals surface area contributed by atoms with Crippen molar-refractivity contribution >= 4 is 17.5 Å². The van der Waals surface area contributed by atoms with Gasteiger partial charge in [-0.15, -0.1) is 11.8 Å². The molecule has 0 aromatic heterocycles. The molecule has 1 heterocycles. The van der Waals surface area contributed by atoms with Gasteiger partial charge in [0.1, 0.15) is 0 Å². The number of carbonyl (C=O) groups excluding carboxylic acids is 1. The summed E-state index contributed by atoms with van der Waals surface area (Å²) in [6.45, 7) is 4.18. The van der Waals surface area contributed by atoms with Gasteiger partial charge in [0.2, 0.25) is 0 Å². The molecule has 1 aliphatic rings. The van der Waals surface area contributed by atoms with Crippen molar-refractivity contribution < 1.29 is 4.79 Å². The second kappa shape index (κ2) is 4.71. The van der Waals surface area contributed by atoms with Crippen LogP contribution in [-0.2, 0) is 0 Å². The van der Waals surface area contributed by atoms with Crippen LogP contribution in [0.3, 0.4) is 0 Å². The first-order valence-electron chi connectivity index (χ1n) is 5.29. The molecule has 0 aliphatic carbocycles. The van der Waals surface area contributed by atoms with Gasteiger partial charge in [-0.1, -0.05) is 41.5 Å². The highest BCUT2D eigenvalue weighted by Gasteiger charge is 2.16. The predicted molar refractivity (Wildman–Crippen MR) is 69.7 cm³/mol. The fourth-order valence-electron chi connectivity index (χ4n) is 1.52. The molecule has 2 heteroatoms. The lowest BCUT2D eigenvalue weighted by atomic mass is 10.1. The number of hydrogen-bond donors (Lipinski definition) is 0. The Morgan fingerprint density at radius 1 is 1.19 bits per heavy atom. The zero-order valence-corrected chi connectivity index (χ0v) is 10.3. The molecule has 0 atom stereocenters. The molecule has 0 N–H and O–H groups in total. The summed E-state index contributed by atoms with van der Waals surface area (Å²) >= 11 is 1.63. The first-order valence-corrected chi connectivity index (χ1v) is 6.27. The fourth-order valence-corrected chi connectivity index (χ4v) is 2.63. The van der Waals surface area contributed by atoms with Crippen molar-refractivity contribution in [2.45, 2.75) is 13.8 Å². The number of thioether (sulfide) groups is 1. The van der Waals surface area contributed by atoms with E-state index in [4.69, 9.17) is 0 Å². The molecule has 0 radical (unpaired) electrons. The smallest absolute Gasteiger partial charge is 0.199 e. The van der Waals surface area contributed by atoms with Crippen LogP contribution in [0.25, 0.3) is 0 Å². The van der Waals surface area contributed by atoms with Crippen molar-refractivity contribution in [2.24, 2.45) is 0 Å². The number of carbonyl (C=O) groups is 1. The lowest BCUT2D eigenvalue weighted by molar-refractivity contribution is 0.104. The van der Waals surface area contributed by atoms with Crippen molar-refractivity contribution in [3.05, 3.63) is 58.0 Å². The zero-order valence-electron chi connectivity index (χ0n) is 9.49. The summed E-state index contributed by atoms with van der Waals surface area (Å²) in [6, 6.07) is 9.45. The Kier molecular flexibility index (Phi) is 3.30. The summed E-state index contributed by atoms with van der Waals surface area (Å²) in [5.41, 5.74) is 3.35. The fraction of sp³-hybridized carbons (Fsp3) is 0.214. The first kappa shape index (κ1) is 11.2. The third kappa shape index (κ3) is 2.27. The average molecular weight is 230 g/mol. The number of benzene rings is 1. The first-order chi connectivity index (χ1) is 7.68. The SMILES string of the molecule is CC1=C(C)CSC(C(=O)c2ccccc2)=C1. The molecule has 0 saturated heterocycles. The number of allylic oxidation sites excluding steroid dienone is 3. The molecule has 0 spiro atoms. The van der Waals surface area contributed by atoms with Gasteiger partial charge in [-0.3, -0.25) is 4.79 Å². The van der Waals surface area contributed by atoms with E-state index in [1.807, 2.05) is 36.4 Å². The molecular weight excluding hydrogens is 216 g/mol. The molecule has 0 amide bonds. The van der Waals surface area contributed by atoms with E-state index in [1.165, 1.54) is 11.1 Å². The Hall–Kier alpha value is -1.28. The Bertz CT molecular complexity index is 469. The summed E-state index contributed by atoms with van der Waals surface area (Å²) < 4.78 is 0. The third-order valence-corrected chi connectivity index (χ3v) is 3.92. The summed E-state index contributed by atoms with van der Waals surface area (Å²) in [5, 5.41) is 0. The van der Waals surface area contributed by atoms with Crippen LogP contribution in [0.4, 0.5) is 0 Å². The molecule has 1 aromatic carbocycles. The molecule has 2 rings (SSSR count). The molecular formula is C14H14OS. The highest BCUT2D eigenvalue weighted by atomic mass is 32.2. The third-order valence-electron chi connectivity index (χ3n) is 2.72. The Labute approximate surface area is 100 Å². The number of rotatable bonds is 2. The summed E-state index contributed by atoms with van der Waals surface area (Å²) in [7, 11) is 0. The van der Waals surface area contributed by atoms with E-state index in [0.717, 1.165) is 16.2 Å². The van der Waals surface area contributed by atoms with Crippen molar-refractivity contribution in [3.8, 4) is 0 Å². The maximum atomic E-state index is 12.1. The van der Waals surface area contributed by atoms with Gasteiger partial charge >= 0.3 is 0 Å². The van der Waals surface area contributed by atoms with Gasteiger partial charge < -0.3 is 0 Å². The summed E-state index contributed by atoms with van der Waals surface area (Å²) in [5.74, 6) is 1.06. The molecule has 0 saturated carbocycles. The molecule has 0 unspecified atom stereocenters. The van der Waals surface area contributed by atoms with E-state index >= 15 is 0 Å². The molecule has 0 bridgehead atoms. The number of ketones is 1. The van der Waals surface area contributed by atoms with Crippen LogP contribution >= 0.6 is 11.8 Å². The normalized spacial score (nSPS) is 16.0. The van der Waals surface area contributed by atoms with Crippen LogP contribution in [0.2, 0.25) is 0 Å². The number of Topliss-reactive ketones (excluding diaryl/α,β-unsaturated/α-hetero) is 1. The predicted octanol–water partition coefficient (Wildman–Crippen LogP) is 3.84. The van der Waals surface area contributed by atoms with Gasteiger partial charge in [0.25, 0.3) is 0 Å². The topological polar surface area (TPSA) is 17.1 Å². The van der Waals surface area contributed by atoms with Gasteiger partial charge in [0, 0.05) is 11.3 Å². The van der Waals surface area contributed by atoms with Gasteiger partial charge in [-0.25, -0.2) is 0 Å². The Balaban J connectivity index is 2.28. The van der Waals surface area contributed by atoms with Crippen LogP contribution in [0.1, 0.15) is 24.2 Å². The van der Waals surface area contributed by atoms with Crippen LogP contribution < -0.4 is 0 Å². The standard InChI is InChI=1S/C14H14OS/c1-10-8-13(16-9-11(10)2)14(15)12-6-4-3-5-7-12/h3-8H,9H2,1-2H3. The zero-order chi connectivity index (χ0) is 11.5. The molecule has 82 valence electrons. The monoisotopic (exact) mass is 230 g/mol. The Morgan fingerprint density at radius 2 is 1.88 bits per heavy atom. The van der Waals surface area contributed by atoms with Crippen molar-refractivity contribution in [1.29, 1.82) is 0 Å². The van der Waals surface area contributed by atoms with Gasteiger partial charge in [-0.05, 0) is 19.9 Å². The maximum absolute atomic E-state index is 12.1. The van der Waals surface area contributed by atoms with E-state index in [1.54, 1.807) is 11.8 Å². The quantitative estimate of drug-likeness (QED) is 0.718. The molecule has 0 fully saturated rings. The van der Waals surface area contributed by atoms with Gasteiger partial charge in [0.15, 0.2) is 5.78 Å². The van der Waals surface area contributed by atoms with Crippen LogP contribution in [0.15, 0.2) is 52.5 Å². The molecule has 1 nitrogen and oxygen atoms in total. The van der Waals surface area contributed by atoms with Crippen molar-refractivity contribution in [2.75, 3.05) is 5.75 Å².